The first-order valence-electron chi connectivity index (χ1n) is 7.00. The van der Waals surface area contributed by atoms with Crippen LogP contribution in [0.4, 0.5) is 11.5 Å². The lowest BCUT2D eigenvalue weighted by Gasteiger charge is -2.20. The highest BCUT2D eigenvalue weighted by Crippen LogP contribution is 2.24. The van der Waals surface area contributed by atoms with Gasteiger partial charge in [0.25, 0.3) is 5.91 Å². The number of benzene rings is 1. The third-order valence-electron chi connectivity index (χ3n) is 3.39. The number of hydrazone groups is 1. The van der Waals surface area contributed by atoms with Gasteiger partial charge in [0.05, 0.1) is 5.69 Å². The molecule has 2 aromatic rings. The fourth-order valence-electron chi connectivity index (χ4n) is 2.30. The van der Waals surface area contributed by atoms with Gasteiger partial charge in [-0.2, -0.15) is 5.10 Å². The minimum Gasteiger partial charge on any atom is -0.368 e. The van der Waals surface area contributed by atoms with E-state index in [1.54, 1.807) is 25.1 Å². The van der Waals surface area contributed by atoms with Crippen molar-refractivity contribution in [3.63, 3.8) is 0 Å². The van der Waals surface area contributed by atoms with E-state index in [9.17, 15) is 9.59 Å². The van der Waals surface area contributed by atoms with E-state index in [2.05, 4.69) is 15.6 Å². The maximum atomic E-state index is 12.3. The molecule has 8 nitrogen and oxygen atoms in total. The van der Waals surface area contributed by atoms with Crippen LogP contribution in [0.2, 0.25) is 0 Å². The predicted octanol–water partition coefficient (Wildman–Crippen LogP) is 1.04. The number of hydrogen-bond donors (Lipinski definition) is 2. The quantitative estimate of drug-likeness (QED) is 0.875. The number of para-hydroxylation sites is 1. The second kappa shape index (κ2) is 5.91. The standard InChI is InChI=1S/C15H15N5O3/c1-9-7-13(19-23-9)17-15(22)11-8-12(14(16)21)20(18-11)10-5-3-2-4-6-10/h2-7,12H,8H2,1H3,(H2,16,21)(H,17,19,22). The molecule has 0 fully saturated rings. The van der Waals surface area contributed by atoms with Gasteiger partial charge in [-0.3, -0.25) is 14.6 Å². The molecule has 1 aliphatic rings. The molecule has 0 radical (unpaired) electrons. The maximum absolute atomic E-state index is 12.3. The van der Waals surface area contributed by atoms with Gasteiger partial charge in [-0.15, -0.1) is 0 Å². The van der Waals surface area contributed by atoms with Crippen LogP contribution in [0.1, 0.15) is 12.2 Å². The first kappa shape index (κ1) is 14.8. The molecule has 3 N–H and O–H groups in total. The summed E-state index contributed by atoms with van der Waals surface area (Å²) < 4.78 is 4.89. The molecule has 1 unspecified atom stereocenters. The lowest BCUT2D eigenvalue weighted by molar-refractivity contribution is -0.119. The molecule has 8 heteroatoms. The molecule has 1 aliphatic heterocycles. The molecular weight excluding hydrogens is 298 g/mol. The molecule has 0 bridgehead atoms. The second-order valence-electron chi connectivity index (χ2n) is 5.13. The number of hydrogen-bond acceptors (Lipinski definition) is 6. The fraction of sp³-hybridized carbons (Fsp3) is 0.200. The highest BCUT2D eigenvalue weighted by Gasteiger charge is 2.35. The number of primary amides is 1. The molecule has 0 saturated heterocycles. The van der Waals surface area contributed by atoms with Crippen molar-refractivity contribution in [1.82, 2.24) is 5.16 Å². The van der Waals surface area contributed by atoms with Crippen molar-refractivity contribution < 1.29 is 14.1 Å². The summed E-state index contributed by atoms with van der Waals surface area (Å²) in [7, 11) is 0. The van der Waals surface area contributed by atoms with E-state index in [4.69, 9.17) is 10.3 Å². The van der Waals surface area contributed by atoms with Crippen LogP contribution < -0.4 is 16.1 Å². The average molecular weight is 313 g/mol. The Balaban J connectivity index is 1.82. The number of aryl methyl sites for hydroxylation is 1. The zero-order valence-corrected chi connectivity index (χ0v) is 12.4. The van der Waals surface area contributed by atoms with Gasteiger partial charge in [0.2, 0.25) is 5.91 Å². The molecule has 0 saturated carbocycles. The van der Waals surface area contributed by atoms with E-state index in [0.717, 1.165) is 0 Å². The third-order valence-corrected chi connectivity index (χ3v) is 3.39. The molecular formula is C15H15N5O3. The number of anilines is 2. The van der Waals surface area contributed by atoms with Crippen LogP contribution in [0.5, 0.6) is 0 Å². The van der Waals surface area contributed by atoms with Gasteiger partial charge in [0, 0.05) is 12.5 Å². The molecule has 0 spiro atoms. The Hall–Kier alpha value is -3.16. The van der Waals surface area contributed by atoms with Crippen LogP contribution in [0.25, 0.3) is 0 Å². The van der Waals surface area contributed by atoms with Crippen LogP contribution in [-0.4, -0.2) is 28.7 Å². The molecule has 2 heterocycles. The van der Waals surface area contributed by atoms with Gasteiger partial charge in [-0.1, -0.05) is 23.4 Å². The van der Waals surface area contributed by atoms with Crippen LogP contribution in [0.15, 0.2) is 46.0 Å². The van der Waals surface area contributed by atoms with Gasteiger partial charge in [-0.25, -0.2) is 0 Å². The summed E-state index contributed by atoms with van der Waals surface area (Å²) in [5.41, 5.74) is 6.33. The van der Waals surface area contributed by atoms with Crippen molar-refractivity contribution in [2.24, 2.45) is 10.8 Å². The molecule has 1 atom stereocenters. The van der Waals surface area contributed by atoms with Gasteiger partial charge < -0.3 is 15.6 Å². The van der Waals surface area contributed by atoms with Crippen LogP contribution >= 0.6 is 0 Å². The summed E-state index contributed by atoms with van der Waals surface area (Å²) in [6.45, 7) is 1.72. The molecule has 118 valence electrons. The van der Waals surface area contributed by atoms with Crippen molar-refractivity contribution in [2.75, 3.05) is 10.3 Å². The lowest BCUT2D eigenvalue weighted by Crippen LogP contribution is -2.39. The molecule has 23 heavy (non-hydrogen) atoms. The number of carbonyl (C=O) groups is 2. The maximum Gasteiger partial charge on any atom is 0.273 e. The molecule has 1 aromatic heterocycles. The zero-order valence-electron chi connectivity index (χ0n) is 12.4. The summed E-state index contributed by atoms with van der Waals surface area (Å²) in [6.07, 6.45) is 0.132. The molecule has 2 amide bonds. The summed E-state index contributed by atoms with van der Waals surface area (Å²) >= 11 is 0. The Morgan fingerprint density at radius 3 is 2.70 bits per heavy atom. The Bertz CT molecular complexity index is 768. The van der Waals surface area contributed by atoms with Crippen LogP contribution in [0.3, 0.4) is 0 Å². The summed E-state index contributed by atoms with van der Waals surface area (Å²) in [6, 6.07) is 9.97. The van der Waals surface area contributed by atoms with E-state index in [1.165, 1.54) is 5.01 Å². The Kier molecular flexibility index (Phi) is 3.80. The molecule has 3 rings (SSSR count). The van der Waals surface area contributed by atoms with Crippen molar-refractivity contribution in [3.05, 3.63) is 42.2 Å². The van der Waals surface area contributed by atoms with E-state index in [1.807, 2.05) is 18.2 Å². The van der Waals surface area contributed by atoms with Crippen molar-refractivity contribution in [3.8, 4) is 0 Å². The number of nitrogens with one attached hydrogen (secondary N) is 1. The topological polar surface area (TPSA) is 114 Å². The largest absolute Gasteiger partial charge is 0.368 e. The van der Waals surface area contributed by atoms with E-state index < -0.39 is 17.9 Å². The number of carbonyl (C=O) groups excluding carboxylic acids is 2. The number of nitrogens with zero attached hydrogens (tertiary/aromatic N) is 3. The zero-order chi connectivity index (χ0) is 16.4. The Labute approximate surface area is 131 Å². The van der Waals surface area contributed by atoms with Gasteiger partial charge in [0.1, 0.15) is 17.5 Å². The predicted molar refractivity (Wildman–Crippen MR) is 83.8 cm³/mol. The van der Waals surface area contributed by atoms with Crippen LogP contribution in [-0.2, 0) is 9.59 Å². The molecule has 1 aromatic carbocycles. The number of nitrogens with two attached hydrogens (primary N) is 1. The van der Waals surface area contributed by atoms with Crippen molar-refractivity contribution in [1.29, 1.82) is 0 Å². The Morgan fingerprint density at radius 2 is 2.09 bits per heavy atom. The number of rotatable bonds is 4. The first-order chi connectivity index (χ1) is 11.0. The first-order valence-corrected chi connectivity index (χ1v) is 7.00. The lowest BCUT2D eigenvalue weighted by atomic mass is 10.1. The average Bonchev–Trinajstić information content (AvgIpc) is 3.15. The van der Waals surface area contributed by atoms with Crippen molar-refractivity contribution in [2.45, 2.75) is 19.4 Å². The third kappa shape index (κ3) is 3.05. The highest BCUT2D eigenvalue weighted by atomic mass is 16.5. The fourth-order valence-corrected chi connectivity index (χ4v) is 2.30. The monoisotopic (exact) mass is 313 g/mol. The van der Waals surface area contributed by atoms with Gasteiger partial charge >= 0.3 is 0 Å². The van der Waals surface area contributed by atoms with E-state index >= 15 is 0 Å². The molecule has 0 aliphatic carbocycles. The summed E-state index contributed by atoms with van der Waals surface area (Å²) in [4.78, 5) is 23.9. The normalized spacial score (nSPS) is 17.0. The summed E-state index contributed by atoms with van der Waals surface area (Å²) in [5.74, 6) is -0.112. The smallest absolute Gasteiger partial charge is 0.273 e. The van der Waals surface area contributed by atoms with Gasteiger partial charge in [0.15, 0.2) is 5.82 Å². The minimum atomic E-state index is -0.697. The highest BCUT2D eigenvalue weighted by molar-refractivity contribution is 6.44. The SMILES string of the molecule is Cc1cc(NC(=O)C2=NN(c3ccccc3)C(C(N)=O)C2)no1. The van der Waals surface area contributed by atoms with Crippen LogP contribution in [0, 0.1) is 6.92 Å². The summed E-state index contributed by atoms with van der Waals surface area (Å²) in [5, 5.41) is 12.0. The minimum absolute atomic E-state index is 0.132. The Morgan fingerprint density at radius 1 is 1.35 bits per heavy atom. The second-order valence-corrected chi connectivity index (χ2v) is 5.13. The van der Waals surface area contributed by atoms with Gasteiger partial charge in [-0.05, 0) is 19.1 Å². The van der Waals surface area contributed by atoms with Crippen molar-refractivity contribution >= 4 is 29.0 Å². The number of amides is 2. The number of aromatic nitrogens is 1. The van der Waals surface area contributed by atoms with E-state index in [-0.39, 0.29) is 12.1 Å². The van der Waals surface area contributed by atoms with E-state index in [0.29, 0.717) is 17.3 Å².